The van der Waals surface area contributed by atoms with Gasteiger partial charge in [-0.15, -0.1) is 0 Å². The SMILES string of the molecule is CCc1c(C)c2[nH]c1cc1nc(c(-c3ccc(C(=O)OC)cc3)c3[nH]c(cc4nc(c2-c2ccc(C(=O)OC)cc2)C(C)=C4)c(CC)c3C)C(C)C1(CC)CC.[Ni]. The number of aryl methyl sites for hydroxylation is 4. The monoisotopic (exact) mass is 806 g/mol. The van der Waals surface area contributed by atoms with Crippen molar-refractivity contribution in [3.8, 4) is 22.3 Å². The van der Waals surface area contributed by atoms with Crippen molar-refractivity contribution >= 4 is 45.7 Å². The number of esters is 2. The van der Waals surface area contributed by atoms with Crippen LogP contribution in [0.4, 0.5) is 0 Å². The number of rotatable bonds is 8. The molecule has 298 valence electrons. The van der Waals surface area contributed by atoms with Gasteiger partial charge in [0.25, 0.3) is 0 Å². The number of aromatic amines is 2. The Morgan fingerprint density at radius 3 is 1.65 bits per heavy atom. The van der Waals surface area contributed by atoms with E-state index in [1.807, 2.05) is 48.5 Å². The summed E-state index contributed by atoms with van der Waals surface area (Å²) in [7, 11) is 2.81. The largest absolute Gasteiger partial charge is 0.465 e. The molecular formula is C48H52N4NiO4. The quantitative estimate of drug-likeness (QED) is 0.119. The zero-order valence-electron chi connectivity index (χ0n) is 34.6. The van der Waals surface area contributed by atoms with E-state index >= 15 is 0 Å². The number of carbonyl (C=O) groups is 2. The Bertz CT molecular complexity index is 2570. The molecule has 0 aliphatic carbocycles. The normalized spacial score (nSPS) is 14.5. The molecule has 8 nitrogen and oxygen atoms in total. The average molecular weight is 808 g/mol. The maximum absolute atomic E-state index is 12.5. The molecule has 5 aromatic rings. The summed E-state index contributed by atoms with van der Waals surface area (Å²) in [5.41, 5.74) is 18.5. The third kappa shape index (κ3) is 6.84. The summed E-state index contributed by atoms with van der Waals surface area (Å²) >= 11 is 0. The van der Waals surface area contributed by atoms with Crippen LogP contribution in [0.3, 0.4) is 0 Å². The van der Waals surface area contributed by atoms with Gasteiger partial charge in [0.05, 0.1) is 53.5 Å². The van der Waals surface area contributed by atoms with Crippen molar-refractivity contribution < 1.29 is 35.6 Å². The standard InChI is InChI=1S/C48H52N4O4.Ni/c1-11-35-27(6)44-41(31-17-21-33(22-18-31)47(54)56-10)45-29(8)48(13-3,14-4)39(52-45)25-38-36(12-2)28(7)43(51-38)40(30-15-19-32(20-16-30)46(53)55-9)42-26(5)23-34(49-42)24-37(35)50-44;/h15-25,29,50-51H,11-14H2,1-10H3;. The van der Waals surface area contributed by atoms with E-state index in [-0.39, 0.29) is 39.8 Å². The van der Waals surface area contributed by atoms with Gasteiger partial charge < -0.3 is 19.4 Å². The Labute approximate surface area is 345 Å². The van der Waals surface area contributed by atoms with E-state index in [1.54, 1.807) is 0 Å². The number of hydrogen-bond donors (Lipinski definition) is 2. The van der Waals surface area contributed by atoms with Crippen molar-refractivity contribution in [3.05, 3.63) is 117 Å². The molecule has 2 aliphatic rings. The molecule has 0 saturated heterocycles. The van der Waals surface area contributed by atoms with Gasteiger partial charge in [-0.1, -0.05) is 58.9 Å². The first-order chi connectivity index (χ1) is 26.9. The first-order valence-electron chi connectivity index (χ1n) is 19.8. The Morgan fingerprint density at radius 1 is 0.702 bits per heavy atom. The molecule has 0 spiro atoms. The van der Waals surface area contributed by atoms with Gasteiger partial charge in [0.15, 0.2) is 0 Å². The maximum Gasteiger partial charge on any atom is 0.337 e. The summed E-state index contributed by atoms with van der Waals surface area (Å²) in [5, 5.41) is 0. The van der Waals surface area contributed by atoms with Gasteiger partial charge in [-0.3, -0.25) is 4.98 Å². The van der Waals surface area contributed by atoms with Crippen molar-refractivity contribution in [1.29, 1.82) is 0 Å². The molecule has 9 heteroatoms. The van der Waals surface area contributed by atoms with Crippen LogP contribution >= 0.6 is 0 Å². The molecule has 0 saturated carbocycles. The summed E-state index contributed by atoms with van der Waals surface area (Å²) in [6.07, 6.45) is 5.63. The van der Waals surface area contributed by atoms with Crippen LogP contribution in [0.15, 0.2) is 60.7 Å². The van der Waals surface area contributed by atoms with Gasteiger partial charge in [0, 0.05) is 55.7 Å². The summed E-state index contributed by atoms with van der Waals surface area (Å²) in [5.74, 6) is -0.645. The van der Waals surface area contributed by atoms with Crippen molar-refractivity contribution in [2.45, 2.75) is 92.4 Å². The molecule has 7 rings (SSSR count). The van der Waals surface area contributed by atoms with E-state index < -0.39 is 0 Å². The molecule has 0 fully saturated rings. The Kier molecular flexibility index (Phi) is 11.8. The van der Waals surface area contributed by atoms with Gasteiger partial charge in [0.1, 0.15) is 0 Å². The summed E-state index contributed by atoms with van der Waals surface area (Å²) in [6, 6.07) is 19.8. The Morgan fingerprint density at radius 2 is 1.18 bits per heavy atom. The van der Waals surface area contributed by atoms with Crippen molar-refractivity contribution in [2.75, 3.05) is 14.2 Å². The van der Waals surface area contributed by atoms with Gasteiger partial charge in [-0.2, -0.15) is 0 Å². The second kappa shape index (κ2) is 16.3. The first kappa shape index (κ1) is 41.4. The molecule has 1 atom stereocenters. The average Bonchev–Trinajstić information content (AvgIpc) is 3.91. The molecule has 2 aromatic carbocycles. The third-order valence-corrected chi connectivity index (χ3v) is 12.5. The Balaban J connectivity index is 0.00000549. The smallest absolute Gasteiger partial charge is 0.337 e. The minimum absolute atomic E-state index is 0. The van der Waals surface area contributed by atoms with E-state index in [2.05, 4.69) is 83.6 Å². The van der Waals surface area contributed by atoms with Crippen LogP contribution in [0, 0.1) is 13.8 Å². The summed E-state index contributed by atoms with van der Waals surface area (Å²) < 4.78 is 10.1. The summed E-state index contributed by atoms with van der Waals surface area (Å²) in [6.45, 7) is 17.8. The summed E-state index contributed by atoms with van der Waals surface area (Å²) in [4.78, 5) is 43.7. The van der Waals surface area contributed by atoms with Crippen molar-refractivity contribution in [3.63, 3.8) is 0 Å². The number of methoxy groups -OCH3 is 2. The van der Waals surface area contributed by atoms with E-state index in [1.165, 1.54) is 30.9 Å². The van der Waals surface area contributed by atoms with E-state index in [0.29, 0.717) is 11.1 Å². The number of benzene rings is 2. The van der Waals surface area contributed by atoms with Crippen LogP contribution < -0.4 is 0 Å². The first-order valence-corrected chi connectivity index (χ1v) is 19.8. The zero-order chi connectivity index (χ0) is 40.1. The molecule has 2 N–H and O–H groups in total. The molecule has 0 radical (unpaired) electrons. The van der Waals surface area contributed by atoms with Crippen LogP contribution in [-0.2, 0) is 44.2 Å². The van der Waals surface area contributed by atoms with Crippen molar-refractivity contribution in [1.82, 2.24) is 19.9 Å². The number of hydrogen-bond acceptors (Lipinski definition) is 6. The van der Waals surface area contributed by atoms with E-state index in [9.17, 15) is 9.59 Å². The fourth-order valence-corrected chi connectivity index (χ4v) is 9.22. The molecular weight excluding hydrogens is 755 g/mol. The number of allylic oxidation sites excluding steroid dienone is 1. The Hall–Kier alpha value is -5.27. The number of nitrogens with one attached hydrogen (secondary N) is 2. The second-order valence-electron chi connectivity index (χ2n) is 15.1. The zero-order valence-corrected chi connectivity index (χ0v) is 35.6. The molecule has 3 aromatic heterocycles. The number of carbonyl (C=O) groups excluding carboxylic acids is 2. The number of nitrogens with zero attached hydrogens (tertiary/aromatic N) is 2. The van der Waals surface area contributed by atoms with E-state index in [4.69, 9.17) is 19.4 Å². The maximum atomic E-state index is 12.5. The third-order valence-electron chi connectivity index (χ3n) is 12.5. The predicted octanol–water partition coefficient (Wildman–Crippen LogP) is 11.4. The van der Waals surface area contributed by atoms with Gasteiger partial charge >= 0.3 is 11.9 Å². The van der Waals surface area contributed by atoms with Crippen LogP contribution in [0.5, 0.6) is 0 Å². The van der Waals surface area contributed by atoms with Crippen LogP contribution in [-0.4, -0.2) is 46.1 Å². The van der Waals surface area contributed by atoms with Gasteiger partial charge in [-0.25, -0.2) is 14.6 Å². The van der Waals surface area contributed by atoms with Crippen LogP contribution in [0.25, 0.3) is 56.0 Å². The number of aromatic nitrogens is 4. The van der Waals surface area contributed by atoms with Gasteiger partial charge in [-0.05, 0) is 128 Å². The topological polar surface area (TPSA) is 110 Å². The predicted molar refractivity (Wildman–Crippen MR) is 227 cm³/mol. The molecule has 1 unspecified atom stereocenters. The molecule has 8 bridgehead atoms. The minimum atomic E-state index is -0.371. The van der Waals surface area contributed by atoms with Gasteiger partial charge in [0.2, 0.25) is 0 Å². The fourth-order valence-electron chi connectivity index (χ4n) is 9.22. The number of H-pyrrole nitrogens is 2. The molecule has 5 heterocycles. The number of ether oxygens (including phenoxy) is 2. The van der Waals surface area contributed by atoms with Crippen molar-refractivity contribution in [2.24, 2.45) is 0 Å². The number of fused-ring (bicyclic) bond motifs is 8. The van der Waals surface area contributed by atoms with Crippen LogP contribution in [0.1, 0.15) is 126 Å². The fraction of sp³-hybridized carbons (Fsp3) is 0.333. The minimum Gasteiger partial charge on any atom is -0.465 e. The molecule has 2 aliphatic heterocycles. The molecule has 57 heavy (non-hydrogen) atoms. The van der Waals surface area contributed by atoms with Crippen LogP contribution in [0.2, 0.25) is 0 Å². The second-order valence-corrected chi connectivity index (χ2v) is 15.1. The molecule has 0 amide bonds. The van der Waals surface area contributed by atoms with E-state index in [0.717, 1.165) is 104 Å².